The van der Waals surface area contributed by atoms with Gasteiger partial charge >= 0.3 is 0 Å². The summed E-state index contributed by atoms with van der Waals surface area (Å²) in [5.74, 6) is 0.835. The van der Waals surface area contributed by atoms with Crippen LogP contribution in [0, 0.1) is 0 Å². The van der Waals surface area contributed by atoms with E-state index < -0.39 is 0 Å². The first kappa shape index (κ1) is 14.3. The zero-order valence-corrected chi connectivity index (χ0v) is 12.6. The number of carbonyl (C=O) groups is 1. The molecule has 3 aromatic rings. The van der Waals surface area contributed by atoms with Gasteiger partial charge in [0.2, 0.25) is 5.91 Å². The molecule has 1 aromatic carbocycles. The summed E-state index contributed by atoms with van der Waals surface area (Å²) in [6.07, 6.45) is 3.45. The molecule has 0 aliphatic heterocycles. The van der Waals surface area contributed by atoms with Crippen molar-refractivity contribution in [3.05, 3.63) is 48.7 Å². The predicted octanol–water partition coefficient (Wildman–Crippen LogP) is 2.63. The summed E-state index contributed by atoms with van der Waals surface area (Å²) >= 11 is 0. The van der Waals surface area contributed by atoms with Crippen molar-refractivity contribution < 1.29 is 9.21 Å². The molecule has 1 amide bonds. The van der Waals surface area contributed by atoms with Gasteiger partial charge in [-0.15, -0.1) is 0 Å². The van der Waals surface area contributed by atoms with Crippen molar-refractivity contribution in [1.82, 2.24) is 19.7 Å². The molecule has 0 bridgehead atoms. The smallest absolute Gasteiger partial charge is 0.224 e. The molecule has 6 heteroatoms. The fourth-order valence-electron chi connectivity index (χ4n) is 2.35. The van der Waals surface area contributed by atoms with Gasteiger partial charge in [-0.25, -0.2) is 4.98 Å². The molecular weight excluding hydrogens is 280 g/mol. The van der Waals surface area contributed by atoms with Crippen molar-refractivity contribution >= 4 is 16.9 Å². The minimum Gasteiger partial charge on any atom is -0.459 e. The van der Waals surface area contributed by atoms with E-state index in [-0.39, 0.29) is 11.9 Å². The standard InChI is InChI=1S/C16H18N4O2/c1-12(15-9-13-5-3-4-6-14(13)22-15)19(2)16(21)7-8-20-11-17-10-18-20/h3-6,9-12H,7-8H2,1-2H3/t12-/m0/s1. The van der Waals surface area contributed by atoms with Gasteiger partial charge < -0.3 is 9.32 Å². The van der Waals surface area contributed by atoms with E-state index in [1.165, 1.54) is 6.33 Å². The lowest BCUT2D eigenvalue weighted by atomic mass is 10.2. The first-order chi connectivity index (χ1) is 10.6. The molecule has 0 aliphatic carbocycles. The fraction of sp³-hybridized carbons (Fsp3) is 0.312. The number of carbonyl (C=O) groups excluding carboxylic acids is 1. The Kier molecular flexibility index (Phi) is 3.91. The third kappa shape index (κ3) is 2.86. The Morgan fingerprint density at radius 2 is 2.23 bits per heavy atom. The van der Waals surface area contributed by atoms with Crippen molar-refractivity contribution in [3.63, 3.8) is 0 Å². The molecule has 6 nitrogen and oxygen atoms in total. The Hall–Kier alpha value is -2.63. The number of furan rings is 1. The highest BCUT2D eigenvalue weighted by Crippen LogP contribution is 2.26. The molecule has 0 spiro atoms. The maximum absolute atomic E-state index is 12.3. The van der Waals surface area contributed by atoms with E-state index in [4.69, 9.17) is 4.42 Å². The molecule has 2 heterocycles. The number of fused-ring (bicyclic) bond motifs is 1. The Bertz CT molecular complexity index is 730. The number of amides is 1. The molecule has 0 N–H and O–H groups in total. The minimum absolute atomic E-state index is 0.0449. The Balaban J connectivity index is 1.67. The summed E-state index contributed by atoms with van der Waals surface area (Å²) < 4.78 is 7.48. The first-order valence-electron chi connectivity index (χ1n) is 7.21. The molecule has 1 atom stereocenters. The lowest BCUT2D eigenvalue weighted by Crippen LogP contribution is -2.30. The molecule has 0 unspecified atom stereocenters. The van der Waals surface area contributed by atoms with Crippen LogP contribution in [0.4, 0.5) is 0 Å². The number of rotatable bonds is 5. The number of para-hydroxylation sites is 1. The van der Waals surface area contributed by atoms with E-state index in [0.717, 1.165) is 16.7 Å². The number of hydrogen-bond acceptors (Lipinski definition) is 4. The Morgan fingerprint density at radius 1 is 1.41 bits per heavy atom. The van der Waals surface area contributed by atoms with Crippen LogP contribution in [0.15, 0.2) is 47.4 Å². The molecule has 22 heavy (non-hydrogen) atoms. The third-order valence-corrected chi connectivity index (χ3v) is 3.85. The SMILES string of the molecule is C[C@@H](c1cc2ccccc2o1)N(C)C(=O)CCn1cncn1. The van der Waals surface area contributed by atoms with Crippen LogP contribution in [0.1, 0.15) is 25.1 Å². The zero-order valence-electron chi connectivity index (χ0n) is 12.6. The number of aryl methyl sites for hydroxylation is 1. The fourth-order valence-corrected chi connectivity index (χ4v) is 2.35. The quantitative estimate of drug-likeness (QED) is 0.726. The van der Waals surface area contributed by atoms with Crippen molar-refractivity contribution in [1.29, 1.82) is 0 Å². The number of aromatic nitrogens is 3. The van der Waals surface area contributed by atoms with Gasteiger partial charge in [0.1, 0.15) is 24.0 Å². The number of nitrogens with zero attached hydrogens (tertiary/aromatic N) is 4. The minimum atomic E-state index is -0.115. The number of hydrogen-bond donors (Lipinski definition) is 0. The molecule has 2 aromatic heterocycles. The molecule has 0 saturated heterocycles. The van der Waals surface area contributed by atoms with Gasteiger partial charge in [0.25, 0.3) is 0 Å². The molecule has 0 fully saturated rings. The summed E-state index contributed by atoms with van der Waals surface area (Å²) in [4.78, 5) is 17.9. The predicted molar refractivity (Wildman–Crippen MR) is 82.0 cm³/mol. The maximum Gasteiger partial charge on any atom is 0.224 e. The summed E-state index contributed by atoms with van der Waals surface area (Å²) in [6.45, 7) is 2.49. The van der Waals surface area contributed by atoms with Gasteiger partial charge in [-0.3, -0.25) is 9.48 Å². The van der Waals surface area contributed by atoms with Crippen LogP contribution < -0.4 is 0 Å². The van der Waals surface area contributed by atoms with E-state index in [2.05, 4.69) is 10.1 Å². The average Bonchev–Trinajstić information content (AvgIpc) is 3.19. The summed E-state index contributed by atoms with van der Waals surface area (Å²) in [5.41, 5.74) is 0.841. The van der Waals surface area contributed by atoms with Gasteiger partial charge in [0.05, 0.1) is 12.6 Å². The Labute approximate surface area is 128 Å². The third-order valence-electron chi connectivity index (χ3n) is 3.85. The van der Waals surface area contributed by atoms with E-state index in [1.54, 1.807) is 23.0 Å². The van der Waals surface area contributed by atoms with Crippen LogP contribution in [0.5, 0.6) is 0 Å². The molecule has 0 saturated carbocycles. The van der Waals surface area contributed by atoms with Gasteiger partial charge in [-0.1, -0.05) is 18.2 Å². The van der Waals surface area contributed by atoms with Crippen LogP contribution in [0.2, 0.25) is 0 Å². The highest BCUT2D eigenvalue weighted by molar-refractivity contribution is 5.79. The Morgan fingerprint density at radius 3 is 2.95 bits per heavy atom. The van der Waals surface area contributed by atoms with Crippen LogP contribution in [-0.2, 0) is 11.3 Å². The highest BCUT2D eigenvalue weighted by atomic mass is 16.3. The summed E-state index contributed by atoms with van der Waals surface area (Å²) in [5, 5.41) is 5.04. The topological polar surface area (TPSA) is 64.2 Å². The number of benzene rings is 1. The van der Waals surface area contributed by atoms with Crippen LogP contribution in [-0.4, -0.2) is 32.6 Å². The normalized spacial score (nSPS) is 12.5. The largest absolute Gasteiger partial charge is 0.459 e. The molecule has 0 radical (unpaired) electrons. The van der Waals surface area contributed by atoms with Crippen molar-refractivity contribution in [3.8, 4) is 0 Å². The maximum atomic E-state index is 12.3. The zero-order chi connectivity index (χ0) is 15.5. The molecule has 3 rings (SSSR count). The van der Waals surface area contributed by atoms with Gasteiger partial charge in [0.15, 0.2) is 0 Å². The van der Waals surface area contributed by atoms with E-state index in [0.29, 0.717) is 13.0 Å². The van der Waals surface area contributed by atoms with Crippen LogP contribution >= 0.6 is 0 Å². The molecule has 114 valence electrons. The molecule has 0 aliphatic rings. The average molecular weight is 298 g/mol. The van der Waals surface area contributed by atoms with E-state index in [9.17, 15) is 4.79 Å². The van der Waals surface area contributed by atoms with Crippen molar-refractivity contribution in [2.75, 3.05) is 7.05 Å². The second kappa shape index (κ2) is 6.01. The highest BCUT2D eigenvalue weighted by Gasteiger charge is 2.20. The van der Waals surface area contributed by atoms with E-state index >= 15 is 0 Å². The van der Waals surface area contributed by atoms with Gasteiger partial charge in [-0.2, -0.15) is 5.10 Å². The van der Waals surface area contributed by atoms with Crippen molar-refractivity contribution in [2.24, 2.45) is 0 Å². The summed E-state index contributed by atoms with van der Waals surface area (Å²) in [6, 6.07) is 9.71. The molecular formula is C16H18N4O2. The van der Waals surface area contributed by atoms with Crippen LogP contribution in [0.25, 0.3) is 11.0 Å². The second-order valence-corrected chi connectivity index (χ2v) is 5.28. The lowest BCUT2D eigenvalue weighted by Gasteiger charge is -2.23. The monoisotopic (exact) mass is 298 g/mol. The van der Waals surface area contributed by atoms with Gasteiger partial charge in [-0.05, 0) is 19.1 Å². The van der Waals surface area contributed by atoms with Gasteiger partial charge in [0, 0.05) is 18.9 Å². The summed E-state index contributed by atoms with van der Waals surface area (Å²) in [7, 11) is 1.79. The van der Waals surface area contributed by atoms with E-state index in [1.807, 2.05) is 37.3 Å². The van der Waals surface area contributed by atoms with Crippen LogP contribution in [0.3, 0.4) is 0 Å². The first-order valence-corrected chi connectivity index (χ1v) is 7.21. The van der Waals surface area contributed by atoms with Crippen molar-refractivity contribution in [2.45, 2.75) is 25.9 Å². The lowest BCUT2D eigenvalue weighted by molar-refractivity contribution is -0.132. The second-order valence-electron chi connectivity index (χ2n) is 5.28.